The third-order valence-electron chi connectivity index (χ3n) is 6.10. The summed E-state index contributed by atoms with van der Waals surface area (Å²) < 4.78 is 0. The maximum absolute atomic E-state index is 13.2. The lowest BCUT2D eigenvalue weighted by atomic mass is 9.86. The van der Waals surface area contributed by atoms with Gasteiger partial charge in [0.15, 0.2) is 0 Å². The molecule has 164 valence electrons. The van der Waals surface area contributed by atoms with Crippen LogP contribution in [0.1, 0.15) is 44.4 Å². The summed E-state index contributed by atoms with van der Waals surface area (Å²) in [6.45, 7) is 11.4. The first-order valence-electron chi connectivity index (χ1n) is 10.7. The maximum atomic E-state index is 13.2. The van der Waals surface area contributed by atoms with E-state index in [9.17, 15) is 14.4 Å². The van der Waals surface area contributed by atoms with Crippen molar-refractivity contribution in [2.75, 3.05) is 16.3 Å². The van der Waals surface area contributed by atoms with Gasteiger partial charge in [0.2, 0.25) is 0 Å². The molecule has 0 aromatic heterocycles. The molecule has 6 heteroatoms. The van der Waals surface area contributed by atoms with Crippen LogP contribution in [0.3, 0.4) is 0 Å². The zero-order valence-corrected chi connectivity index (χ0v) is 19.0. The fourth-order valence-corrected chi connectivity index (χ4v) is 4.60. The molecule has 4 amide bonds. The highest BCUT2D eigenvalue weighted by Crippen LogP contribution is 2.40. The Morgan fingerprint density at radius 2 is 1.72 bits per heavy atom. The van der Waals surface area contributed by atoms with Gasteiger partial charge in [-0.1, -0.05) is 24.3 Å². The molecule has 2 heterocycles. The lowest BCUT2D eigenvalue weighted by molar-refractivity contribution is -0.122. The number of benzene rings is 2. The summed E-state index contributed by atoms with van der Waals surface area (Å²) in [6, 6.07) is 12.0. The number of nitrogens with zero attached hydrogens (tertiary/aromatic N) is 2. The molecule has 0 bridgehead atoms. The highest BCUT2D eigenvalue weighted by atomic mass is 16.2. The van der Waals surface area contributed by atoms with Crippen molar-refractivity contribution in [3.63, 3.8) is 0 Å². The molecule has 1 fully saturated rings. The largest absolute Gasteiger partial charge is 0.363 e. The van der Waals surface area contributed by atoms with Crippen LogP contribution in [-0.4, -0.2) is 29.9 Å². The second kappa shape index (κ2) is 7.79. The Morgan fingerprint density at radius 3 is 2.38 bits per heavy atom. The SMILES string of the molecule is CCN1c2cc(C)c(/C=C3\C(=O)NC(=O)N(c4ccccc4)C3=O)cc2C(C)=CC1(C)C. The number of para-hydroxylation sites is 1. The average molecular weight is 430 g/mol. The molecule has 2 aromatic carbocycles. The molecule has 0 aliphatic carbocycles. The van der Waals surface area contributed by atoms with Crippen molar-refractivity contribution < 1.29 is 14.4 Å². The van der Waals surface area contributed by atoms with Crippen molar-refractivity contribution >= 4 is 40.9 Å². The Labute approximate surface area is 188 Å². The number of hydrogen-bond donors (Lipinski definition) is 1. The summed E-state index contributed by atoms with van der Waals surface area (Å²) >= 11 is 0. The molecule has 0 radical (unpaired) electrons. The molecule has 2 aliphatic rings. The number of barbiturate groups is 1. The van der Waals surface area contributed by atoms with Crippen LogP contribution >= 0.6 is 0 Å². The van der Waals surface area contributed by atoms with Crippen molar-refractivity contribution in [2.45, 2.75) is 40.2 Å². The highest BCUT2D eigenvalue weighted by Gasteiger charge is 2.37. The number of urea groups is 1. The number of hydrogen-bond acceptors (Lipinski definition) is 4. The predicted octanol–water partition coefficient (Wildman–Crippen LogP) is 4.68. The summed E-state index contributed by atoms with van der Waals surface area (Å²) in [5.41, 5.74) is 5.32. The third kappa shape index (κ3) is 3.51. The van der Waals surface area contributed by atoms with Crippen LogP contribution in [0, 0.1) is 6.92 Å². The molecule has 2 aromatic rings. The van der Waals surface area contributed by atoms with Crippen molar-refractivity contribution in [2.24, 2.45) is 0 Å². The van der Waals surface area contributed by atoms with Gasteiger partial charge in [-0.3, -0.25) is 14.9 Å². The minimum absolute atomic E-state index is 0.0679. The normalized spacial score (nSPS) is 19.1. The van der Waals surface area contributed by atoms with E-state index in [-0.39, 0.29) is 11.1 Å². The molecule has 1 N–H and O–H groups in total. The summed E-state index contributed by atoms with van der Waals surface area (Å²) in [5, 5.41) is 2.29. The van der Waals surface area contributed by atoms with Gasteiger partial charge >= 0.3 is 6.03 Å². The van der Waals surface area contributed by atoms with E-state index in [1.54, 1.807) is 36.4 Å². The van der Waals surface area contributed by atoms with E-state index in [1.807, 2.05) is 13.0 Å². The first-order valence-corrected chi connectivity index (χ1v) is 10.7. The van der Waals surface area contributed by atoms with E-state index in [4.69, 9.17) is 0 Å². The number of imide groups is 2. The van der Waals surface area contributed by atoms with E-state index in [0.29, 0.717) is 5.69 Å². The summed E-state index contributed by atoms with van der Waals surface area (Å²) in [5.74, 6) is -1.32. The maximum Gasteiger partial charge on any atom is 0.335 e. The Kier molecular flexibility index (Phi) is 5.25. The van der Waals surface area contributed by atoms with Crippen molar-refractivity contribution in [1.82, 2.24) is 5.32 Å². The second-order valence-corrected chi connectivity index (χ2v) is 8.74. The number of fused-ring (bicyclic) bond motifs is 1. The van der Waals surface area contributed by atoms with Gasteiger partial charge in [-0.25, -0.2) is 9.69 Å². The molecule has 0 spiro atoms. The van der Waals surface area contributed by atoms with Crippen LogP contribution in [0.15, 0.2) is 54.1 Å². The Bertz CT molecular complexity index is 1190. The highest BCUT2D eigenvalue weighted by molar-refractivity contribution is 6.39. The van der Waals surface area contributed by atoms with Gasteiger partial charge in [0.1, 0.15) is 5.57 Å². The number of aryl methyl sites for hydroxylation is 1. The van der Waals surface area contributed by atoms with Gasteiger partial charge in [0, 0.05) is 17.8 Å². The zero-order chi connectivity index (χ0) is 23.2. The minimum Gasteiger partial charge on any atom is -0.363 e. The van der Waals surface area contributed by atoms with Gasteiger partial charge in [0.25, 0.3) is 11.8 Å². The average Bonchev–Trinajstić information content (AvgIpc) is 2.72. The first kappa shape index (κ1) is 21.6. The third-order valence-corrected chi connectivity index (χ3v) is 6.10. The number of amides is 4. The monoisotopic (exact) mass is 429 g/mol. The number of anilines is 2. The van der Waals surface area contributed by atoms with Crippen LogP contribution in [0.4, 0.5) is 16.2 Å². The molecule has 6 nitrogen and oxygen atoms in total. The number of allylic oxidation sites excluding steroid dienone is 1. The standard InChI is InChI=1S/C26H27N3O3/c1-6-28-22-12-16(2)18(13-20(22)17(3)15-26(28,4)5)14-21-23(30)27-25(32)29(24(21)31)19-10-8-7-9-11-19/h7-15H,6H2,1-5H3,(H,27,30,32)/b21-14+. The van der Waals surface area contributed by atoms with Crippen molar-refractivity contribution in [1.29, 1.82) is 0 Å². The molecule has 1 saturated heterocycles. The Hall–Kier alpha value is -3.67. The number of nitrogens with one attached hydrogen (secondary N) is 1. The van der Waals surface area contributed by atoms with Gasteiger partial charge in [-0.15, -0.1) is 0 Å². The van der Waals surface area contributed by atoms with Crippen LogP contribution in [-0.2, 0) is 9.59 Å². The fourth-order valence-electron chi connectivity index (χ4n) is 4.60. The van der Waals surface area contributed by atoms with Crippen LogP contribution < -0.4 is 15.1 Å². The fraction of sp³-hybridized carbons (Fsp3) is 0.269. The van der Waals surface area contributed by atoms with Crippen molar-refractivity contribution in [3.05, 3.63) is 70.8 Å². The summed E-state index contributed by atoms with van der Waals surface area (Å²) in [4.78, 5) is 41.4. The molecule has 2 aliphatic heterocycles. The van der Waals surface area contributed by atoms with E-state index >= 15 is 0 Å². The molecule has 0 saturated carbocycles. The van der Waals surface area contributed by atoms with Crippen LogP contribution in [0.5, 0.6) is 0 Å². The quantitative estimate of drug-likeness (QED) is 0.568. The van der Waals surface area contributed by atoms with Gasteiger partial charge in [-0.2, -0.15) is 0 Å². The molecular weight excluding hydrogens is 402 g/mol. The van der Waals surface area contributed by atoms with E-state index in [1.165, 1.54) is 0 Å². The van der Waals surface area contributed by atoms with Gasteiger partial charge in [0.05, 0.1) is 11.2 Å². The molecule has 0 atom stereocenters. The number of carbonyl (C=O) groups excluding carboxylic acids is 3. The molecule has 0 unspecified atom stereocenters. The second-order valence-electron chi connectivity index (χ2n) is 8.74. The number of likely N-dealkylation sites (N-methyl/N-ethyl adjacent to an activating group) is 1. The molecule has 4 rings (SSSR count). The van der Waals surface area contributed by atoms with Gasteiger partial charge < -0.3 is 4.90 Å². The van der Waals surface area contributed by atoms with Crippen molar-refractivity contribution in [3.8, 4) is 0 Å². The first-order chi connectivity index (χ1) is 15.1. The lowest BCUT2D eigenvalue weighted by Gasteiger charge is -2.43. The number of carbonyl (C=O) groups is 3. The predicted molar refractivity (Wildman–Crippen MR) is 127 cm³/mol. The minimum atomic E-state index is -0.745. The van der Waals surface area contributed by atoms with E-state index < -0.39 is 17.8 Å². The lowest BCUT2D eigenvalue weighted by Crippen LogP contribution is -2.54. The summed E-state index contributed by atoms with van der Waals surface area (Å²) in [6.07, 6.45) is 3.82. The van der Waals surface area contributed by atoms with Crippen LogP contribution in [0.25, 0.3) is 11.6 Å². The Balaban J connectivity index is 1.80. The Morgan fingerprint density at radius 1 is 1.03 bits per heavy atom. The molecular formula is C26H27N3O3. The summed E-state index contributed by atoms with van der Waals surface area (Å²) in [7, 11) is 0. The molecule has 32 heavy (non-hydrogen) atoms. The van der Waals surface area contributed by atoms with E-state index in [2.05, 4.69) is 50.1 Å². The smallest absolute Gasteiger partial charge is 0.335 e. The number of rotatable bonds is 3. The zero-order valence-electron chi connectivity index (χ0n) is 19.0. The van der Waals surface area contributed by atoms with Crippen LogP contribution in [0.2, 0.25) is 0 Å². The topological polar surface area (TPSA) is 69.7 Å². The van der Waals surface area contributed by atoms with Gasteiger partial charge in [-0.05, 0) is 81.7 Å². The van der Waals surface area contributed by atoms with E-state index in [0.717, 1.165) is 39.4 Å².